The van der Waals surface area contributed by atoms with Crippen molar-refractivity contribution in [3.8, 4) is 5.69 Å². The quantitative estimate of drug-likeness (QED) is 0.517. The standard InChI is InChI=1S/C25H35N7O/c1-4-6-13-26-25(33)31-16-14-30(15-17-31)23-21-18-27-32(20-11-8-7-9-12-20)24(21)29-22(28-23)19(3)10-5-2/h7-9,11-12,18-19H,4-6,10,13-17H2,1-3H3,(H,26,33)/t19-/m1/s1. The van der Waals surface area contributed by atoms with Gasteiger partial charge in [0.15, 0.2) is 5.65 Å². The van der Waals surface area contributed by atoms with Crippen molar-refractivity contribution < 1.29 is 4.79 Å². The Kier molecular flexibility index (Phi) is 7.42. The Balaban J connectivity index is 1.62. The van der Waals surface area contributed by atoms with Crippen LogP contribution < -0.4 is 10.2 Å². The number of amides is 2. The van der Waals surface area contributed by atoms with Crippen molar-refractivity contribution in [1.29, 1.82) is 0 Å². The van der Waals surface area contributed by atoms with Gasteiger partial charge in [-0.1, -0.05) is 51.8 Å². The second-order valence-electron chi connectivity index (χ2n) is 8.78. The molecule has 8 nitrogen and oxygen atoms in total. The number of rotatable bonds is 8. The average molecular weight is 450 g/mol. The third kappa shape index (κ3) is 5.10. The van der Waals surface area contributed by atoms with Gasteiger partial charge in [-0.2, -0.15) is 5.10 Å². The first kappa shape index (κ1) is 23.0. The monoisotopic (exact) mass is 449 g/mol. The Morgan fingerprint density at radius 2 is 1.82 bits per heavy atom. The van der Waals surface area contributed by atoms with Crippen LogP contribution in [0.25, 0.3) is 16.7 Å². The zero-order valence-corrected chi connectivity index (χ0v) is 20.0. The van der Waals surface area contributed by atoms with Gasteiger partial charge in [-0.3, -0.25) is 0 Å². The SMILES string of the molecule is CCCCNC(=O)N1CCN(c2nc([C@H](C)CCC)nc3c2cnn3-c2ccccc2)CC1. The Morgan fingerprint density at radius 1 is 1.06 bits per heavy atom. The number of hydrogen-bond acceptors (Lipinski definition) is 5. The fourth-order valence-corrected chi connectivity index (χ4v) is 4.30. The molecule has 1 saturated heterocycles. The van der Waals surface area contributed by atoms with Gasteiger partial charge in [-0.05, 0) is 25.0 Å². The zero-order valence-electron chi connectivity index (χ0n) is 20.0. The summed E-state index contributed by atoms with van der Waals surface area (Å²) in [6.07, 6.45) is 6.08. The summed E-state index contributed by atoms with van der Waals surface area (Å²) in [5, 5.41) is 8.64. The van der Waals surface area contributed by atoms with Crippen molar-refractivity contribution in [2.75, 3.05) is 37.6 Å². The lowest BCUT2D eigenvalue weighted by molar-refractivity contribution is 0.194. The third-order valence-electron chi connectivity index (χ3n) is 6.26. The molecule has 0 bridgehead atoms. The smallest absolute Gasteiger partial charge is 0.317 e. The lowest BCUT2D eigenvalue weighted by Gasteiger charge is -2.35. The predicted octanol–water partition coefficient (Wildman–Crippen LogP) is 4.35. The van der Waals surface area contributed by atoms with E-state index in [0.717, 1.165) is 73.7 Å². The number of carbonyl (C=O) groups is 1. The van der Waals surface area contributed by atoms with Crippen molar-refractivity contribution >= 4 is 22.9 Å². The number of carbonyl (C=O) groups excluding carboxylic acids is 1. The molecular weight excluding hydrogens is 414 g/mol. The van der Waals surface area contributed by atoms with E-state index in [-0.39, 0.29) is 11.9 Å². The number of nitrogens with one attached hydrogen (secondary N) is 1. The number of piperazine rings is 1. The van der Waals surface area contributed by atoms with E-state index in [4.69, 9.17) is 9.97 Å². The van der Waals surface area contributed by atoms with Crippen LogP contribution in [0.5, 0.6) is 0 Å². The number of hydrogen-bond donors (Lipinski definition) is 1. The van der Waals surface area contributed by atoms with Gasteiger partial charge >= 0.3 is 6.03 Å². The van der Waals surface area contributed by atoms with Crippen LogP contribution in [-0.4, -0.2) is 63.4 Å². The van der Waals surface area contributed by atoms with Crippen LogP contribution in [0.15, 0.2) is 36.5 Å². The molecule has 33 heavy (non-hydrogen) atoms. The summed E-state index contributed by atoms with van der Waals surface area (Å²) in [4.78, 5) is 26.6. The highest BCUT2D eigenvalue weighted by atomic mass is 16.2. The molecule has 0 aliphatic carbocycles. The molecule has 3 heterocycles. The van der Waals surface area contributed by atoms with Crippen molar-refractivity contribution in [1.82, 2.24) is 30.0 Å². The molecule has 0 radical (unpaired) electrons. The highest BCUT2D eigenvalue weighted by Gasteiger charge is 2.25. The molecule has 1 aromatic carbocycles. The Hall–Kier alpha value is -3.16. The Morgan fingerprint density at radius 3 is 2.52 bits per heavy atom. The van der Waals surface area contributed by atoms with Crippen LogP contribution in [-0.2, 0) is 0 Å². The number of urea groups is 1. The van der Waals surface area contributed by atoms with Crippen LogP contribution in [0.4, 0.5) is 10.6 Å². The van der Waals surface area contributed by atoms with E-state index < -0.39 is 0 Å². The maximum absolute atomic E-state index is 12.5. The fraction of sp³-hybridized carbons (Fsp3) is 0.520. The zero-order chi connectivity index (χ0) is 23.2. The summed E-state index contributed by atoms with van der Waals surface area (Å²) in [5.74, 6) is 2.05. The number of nitrogens with zero attached hydrogens (tertiary/aromatic N) is 6. The number of para-hydroxylation sites is 1. The molecule has 8 heteroatoms. The Bertz CT molecular complexity index is 1060. The molecule has 0 spiro atoms. The van der Waals surface area contributed by atoms with Crippen LogP contribution in [0.2, 0.25) is 0 Å². The molecule has 0 saturated carbocycles. The molecule has 4 rings (SSSR count). The Labute approximate surface area is 196 Å². The summed E-state index contributed by atoms with van der Waals surface area (Å²) >= 11 is 0. The lowest BCUT2D eigenvalue weighted by atomic mass is 10.1. The molecule has 1 N–H and O–H groups in total. The molecule has 2 aromatic heterocycles. The van der Waals surface area contributed by atoms with Gasteiger partial charge in [-0.25, -0.2) is 19.4 Å². The van der Waals surface area contributed by atoms with E-state index in [1.807, 2.05) is 46.1 Å². The molecule has 2 amide bonds. The molecule has 1 fully saturated rings. The van der Waals surface area contributed by atoms with Gasteiger partial charge in [0, 0.05) is 38.6 Å². The first-order valence-corrected chi connectivity index (χ1v) is 12.2. The number of anilines is 1. The summed E-state index contributed by atoms with van der Waals surface area (Å²) in [5.41, 5.74) is 1.82. The normalized spacial score (nSPS) is 15.1. The molecule has 1 aliphatic rings. The van der Waals surface area contributed by atoms with E-state index in [9.17, 15) is 4.79 Å². The second kappa shape index (κ2) is 10.6. The lowest BCUT2D eigenvalue weighted by Crippen LogP contribution is -2.52. The number of fused-ring (bicyclic) bond motifs is 1. The molecular formula is C25H35N7O. The van der Waals surface area contributed by atoms with Gasteiger partial charge in [0.1, 0.15) is 11.6 Å². The first-order chi connectivity index (χ1) is 16.1. The third-order valence-corrected chi connectivity index (χ3v) is 6.26. The molecule has 0 unspecified atom stereocenters. The summed E-state index contributed by atoms with van der Waals surface area (Å²) in [7, 11) is 0. The van der Waals surface area contributed by atoms with Gasteiger partial charge < -0.3 is 15.1 Å². The molecule has 176 valence electrons. The van der Waals surface area contributed by atoms with E-state index in [1.54, 1.807) is 0 Å². The summed E-state index contributed by atoms with van der Waals surface area (Å²) < 4.78 is 1.90. The average Bonchev–Trinajstić information content (AvgIpc) is 3.28. The molecule has 1 aliphatic heterocycles. The topological polar surface area (TPSA) is 79.2 Å². The van der Waals surface area contributed by atoms with Crippen molar-refractivity contribution in [2.24, 2.45) is 0 Å². The summed E-state index contributed by atoms with van der Waals surface area (Å²) in [6, 6.07) is 10.1. The summed E-state index contributed by atoms with van der Waals surface area (Å²) in [6.45, 7) is 10.1. The van der Waals surface area contributed by atoms with Crippen LogP contribution in [0, 0.1) is 0 Å². The minimum absolute atomic E-state index is 0.0325. The van der Waals surface area contributed by atoms with E-state index >= 15 is 0 Å². The second-order valence-corrected chi connectivity index (χ2v) is 8.78. The van der Waals surface area contributed by atoms with E-state index in [1.165, 1.54) is 0 Å². The molecule has 1 atom stereocenters. The van der Waals surface area contributed by atoms with E-state index in [2.05, 4.69) is 36.1 Å². The molecule has 3 aromatic rings. The maximum atomic E-state index is 12.5. The minimum Gasteiger partial charge on any atom is -0.352 e. The van der Waals surface area contributed by atoms with Crippen LogP contribution >= 0.6 is 0 Å². The van der Waals surface area contributed by atoms with Crippen molar-refractivity contribution in [3.63, 3.8) is 0 Å². The van der Waals surface area contributed by atoms with Crippen LogP contribution in [0.3, 0.4) is 0 Å². The number of aromatic nitrogens is 4. The van der Waals surface area contributed by atoms with Gasteiger partial charge in [0.2, 0.25) is 0 Å². The first-order valence-electron chi connectivity index (χ1n) is 12.2. The van der Waals surface area contributed by atoms with Crippen molar-refractivity contribution in [2.45, 2.75) is 52.4 Å². The highest BCUT2D eigenvalue weighted by Crippen LogP contribution is 2.29. The fourth-order valence-electron chi connectivity index (χ4n) is 4.30. The largest absolute Gasteiger partial charge is 0.352 e. The van der Waals surface area contributed by atoms with Gasteiger partial charge in [0.05, 0.1) is 17.3 Å². The van der Waals surface area contributed by atoms with E-state index in [0.29, 0.717) is 13.1 Å². The number of unbranched alkanes of at least 4 members (excludes halogenated alkanes) is 1. The highest BCUT2D eigenvalue weighted by molar-refractivity contribution is 5.88. The van der Waals surface area contributed by atoms with Gasteiger partial charge in [-0.15, -0.1) is 0 Å². The minimum atomic E-state index is 0.0325. The maximum Gasteiger partial charge on any atom is 0.317 e. The van der Waals surface area contributed by atoms with Gasteiger partial charge in [0.25, 0.3) is 0 Å². The number of benzene rings is 1. The van der Waals surface area contributed by atoms with Crippen molar-refractivity contribution in [3.05, 3.63) is 42.4 Å². The van der Waals surface area contributed by atoms with Crippen LogP contribution in [0.1, 0.15) is 58.2 Å². The predicted molar refractivity (Wildman–Crippen MR) is 132 cm³/mol.